The molecule has 2 N–H and O–H groups in total. The molecular weight excluding hydrogens is 405 g/mol. The summed E-state index contributed by atoms with van der Waals surface area (Å²) in [5.41, 5.74) is 2.44. The zero-order chi connectivity index (χ0) is 21.2. The lowest BCUT2D eigenvalue weighted by Gasteiger charge is -2.16. The van der Waals surface area contributed by atoms with Gasteiger partial charge in [0.2, 0.25) is 10.0 Å². The first-order valence-corrected chi connectivity index (χ1v) is 9.98. The molecule has 0 aliphatic heterocycles. The number of primary sulfonamides is 1. The molecule has 1 heterocycles. The first-order chi connectivity index (χ1) is 13.6. The summed E-state index contributed by atoms with van der Waals surface area (Å²) in [7, 11) is -4.03. The largest absolute Gasteiger partial charge is 0.483 e. The number of hydrogen-bond donors (Lipinski definition) is 1. The van der Waals surface area contributed by atoms with E-state index < -0.39 is 22.8 Å². The fraction of sp³-hybridized carbons (Fsp3) is 0.150. The highest BCUT2D eigenvalue weighted by Gasteiger charge is 2.29. The lowest BCUT2D eigenvalue weighted by molar-refractivity contribution is -0.153. The summed E-state index contributed by atoms with van der Waals surface area (Å²) in [4.78, 5) is 3.89. The molecule has 5 nitrogen and oxygen atoms in total. The fourth-order valence-corrected chi connectivity index (χ4v) is 3.65. The van der Waals surface area contributed by atoms with Crippen molar-refractivity contribution in [2.45, 2.75) is 18.0 Å². The zero-order valence-electron chi connectivity index (χ0n) is 15.3. The maximum Gasteiger partial charge on any atom is 0.422 e. The number of aromatic nitrogens is 1. The number of sulfonamides is 1. The molecule has 0 saturated heterocycles. The minimum absolute atomic E-state index is 0.0415. The fourth-order valence-electron chi connectivity index (χ4n) is 2.89. The Hall–Kier alpha value is -2.91. The van der Waals surface area contributed by atoms with Gasteiger partial charge in [-0.25, -0.2) is 13.6 Å². The Balaban J connectivity index is 2.17. The lowest BCUT2D eigenvalue weighted by atomic mass is 9.98. The summed E-state index contributed by atoms with van der Waals surface area (Å²) in [6.07, 6.45) is -1.43. The van der Waals surface area contributed by atoms with E-state index in [1.165, 1.54) is 30.5 Å². The van der Waals surface area contributed by atoms with Gasteiger partial charge in [-0.1, -0.05) is 24.3 Å². The third-order valence-corrected chi connectivity index (χ3v) is 5.18. The second-order valence-electron chi connectivity index (χ2n) is 6.35. The van der Waals surface area contributed by atoms with Crippen LogP contribution in [0.5, 0.6) is 5.75 Å². The number of halogens is 3. The smallest absolute Gasteiger partial charge is 0.422 e. The molecule has 1 aromatic heterocycles. The molecule has 0 spiro atoms. The molecule has 0 unspecified atom stereocenters. The molecule has 0 saturated carbocycles. The van der Waals surface area contributed by atoms with E-state index in [1.54, 1.807) is 37.4 Å². The first kappa shape index (κ1) is 20.8. The number of alkyl halides is 3. The molecule has 152 valence electrons. The molecule has 9 heteroatoms. The van der Waals surface area contributed by atoms with Crippen LogP contribution in [0, 0.1) is 6.92 Å². The molecular formula is C20H17F3N2O3S. The standard InChI is InChI=1S/C20H17F3N2O3S/c1-13-8-9-25-11-17(13)16-7-6-14(10-18(16)28-12-20(21,22)23)15-4-2-3-5-19(15)29(24,26)27/h2-11H,12H2,1H3,(H2,24,26,27). The van der Waals surface area contributed by atoms with Gasteiger partial charge in [0.05, 0.1) is 4.90 Å². The topological polar surface area (TPSA) is 82.3 Å². The Morgan fingerprint density at radius 3 is 2.41 bits per heavy atom. The molecule has 3 rings (SSSR count). The van der Waals surface area contributed by atoms with E-state index in [0.29, 0.717) is 16.7 Å². The van der Waals surface area contributed by atoms with Crippen molar-refractivity contribution in [1.82, 2.24) is 4.98 Å². The highest BCUT2D eigenvalue weighted by atomic mass is 32.2. The number of benzene rings is 2. The van der Waals surface area contributed by atoms with Crippen LogP contribution in [0.25, 0.3) is 22.3 Å². The lowest BCUT2D eigenvalue weighted by Crippen LogP contribution is -2.19. The highest BCUT2D eigenvalue weighted by molar-refractivity contribution is 7.89. The van der Waals surface area contributed by atoms with Gasteiger partial charge >= 0.3 is 6.18 Å². The van der Waals surface area contributed by atoms with Crippen molar-refractivity contribution in [3.63, 3.8) is 0 Å². The third kappa shape index (κ3) is 4.93. The van der Waals surface area contributed by atoms with Crippen LogP contribution in [0.4, 0.5) is 13.2 Å². The average Bonchev–Trinajstić information content (AvgIpc) is 2.65. The monoisotopic (exact) mass is 422 g/mol. The van der Waals surface area contributed by atoms with Crippen LogP contribution in [0.1, 0.15) is 5.56 Å². The molecule has 0 fully saturated rings. The first-order valence-electron chi connectivity index (χ1n) is 8.43. The number of ether oxygens (including phenoxy) is 1. The van der Waals surface area contributed by atoms with Crippen LogP contribution in [-0.4, -0.2) is 26.2 Å². The van der Waals surface area contributed by atoms with Gasteiger partial charge in [-0.2, -0.15) is 13.2 Å². The number of hydrogen-bond acceptors (Lipinski definition) is 4. The van der Waals surface area contributed by atoms with Gasteiger partial charge in [-0.3, -0.25) is 4.98 Å². The van der Waals surface area contributed by atoms with Gasteiger partial charge in [0.25, 0.3) is 0 Å². The van der Waals surface area contributed by atoms with Crippen LogP contribution in [0.2, 0.25) is 0 Å². The van der Waals surface area contributed by atoms with E-state index in [4.69, 9.17) is 9.88 Å². The average molecular weight is 422 g/mol. The third-order valence-electron chi connectivity index (χ3n) is 4.21. The molecule has 0 radical (unpaired) electrons. The van der Waals surface area contributed by atoms with Gasteiger partial charge in [-0.05, 0) is 42.3 Å². The highest BCUT2D eigenvalue weighted by Crippen LogP contribution is 2.37. The number of nitrogens with two attached hydrogens (primary N) is 1. The summed E-state index contributed by atoms with van der Waals surface area (Å²) in [5.74, 6) is -0.0415. The van der Waals surface area contributed by atoms with Crippen LogP contribution in [0.15, 0.2) is 65.8 Å². The summed E-state index contributed by atoms with van der Waals surface area (Å²) in [6.45, 7) is 0.314. The number of aryl methyl sites for hydroxylation is 1. The van der Waals surface area contributed by atoms with Gasteiger partial charge < -0.3 is 4.74 Å². The maximum atomic E-state index is 12.8. The molecule has 0 bridgehead atoms. The van der Waals surface area contributed by atoms with Gasteiger partial charge in [0.1, 0.15) is 5.75 Å². The van der Waals surface area contributed by atoms with Crippen LogP contribution in [-0.2, 0) is 10.0 Å². The normalized spacial score (nSPS) is 12.0. The van der Waals surface area contributed by atoms with Crippen molar-refractivity contribution in [2.75, 3.05) is 6.61 Å². The van der Waals surface area contributed by atoms with E-state index in [0.717, 1.165) is 5.56 Å². The van der Waals surface area contributed by atoms with E-state index >= 15 is 0 Å². The van der Waals surface area contributed by atoms with Crippen molar-refractivity contribution in [3.05, 3.63) is 66.5 Å². The minimum atomic E-state index is -4.53. The SMILES string of the molecule is Cc1ccncc1-c1ccc(-c2ccccc2S(N)(=O)=O)cc1OCC(F)(F)F. The second-order valence-corrected chi connectivity index (χ2v) is 7.88. The molecule has 0 amide bonds. The Kier molecular flexibility index (Phi) is 5.63. The van der Waals surface area contributed by atoms with Crippen molar-refractivity contribution in [3.8, 4) is 28.0 Å². The van der Waals surface area contributed by atoms with Crippen molar-refractivity contribution < 1.29 is 26.3 Å². The molecule has 0 atom stereocenters. The van der Waals surface area contributed by atoms with Crippen molar-refractivity contribution >= 4 is 10.0 Å². The molecule has 0 aliphatic rings. The Bertz CT molecular complexity index is 1150. The zero-order valence-corrected chi connectivity index (χ0v) is 16.1. The van der Waals surface area contributed by atoms with Crippen molar-refractivity contribution in [2.24, 2.45) is 5.14 Å². The van der Waals surface area contributed by atoms with E-state index in [2.05, 4.69) is 4.98 Å². The minimum Gasteiger partial charge on any atom is -0.483 e. The summed E-state index contributed by atoms with van der Waals surface area (Å²) >= 11 is 0. The summed E-state index contributed by atoms with van der Waals surface area (Å²) < 4.78 is 67.1. The van der Waals surface area contributed by atoms with E-state index in [1.807, 2.05) is 0 Å². The van der Waals surface area contributed by atoms with Crippen LogP contribution < -0.4 is 9.88 Å². The number of nitrogens with zero attached hydrogens (tertiary/aromatic N) is 1. The van der Waals surface area contributed by atoms with Gasteiger partial charge in [0.15, 0.2) is 6.61 Å². The molecule has 3 aromatic rings. The van der Waals surface area contributed by atoms with Crippen molar-refractivity contribution in [1.29, 1.82) is 0 Å². The van der Waals surface area contributed by atoms with Crippen LogP contribution in [0.3, 0.4) is 0 Å². The van der Waals surface area contributed by atoms with Gasteiger partial charge in [-0.15, -0.1) is 0 Å². The predicted molar refractivity (Wildman–Crippen MR) is 103 cm³/mol. The summed E-state index contributed by atoms with van der Waals surface area (Å²) in [5, 5.41) is 5.27. The van der Waals surface area contributed by atoms with E-state index in [-0.39, 0.29) is 16.2 Å². The number of pyridine rings is 1. The molecule has 0 aliphatic carbocycles. The quantitative estimate of drug-likeness (QED) is 0.664. The Labute approximate surface area is 166 Å². The molecule has 2 aromatic carbocycles. The van der Waals surface area contributed by atoms with Crippen LogP contribution >= 0.6 is 0 Å². The molecule has 29 heavy (non-hydrogen) atoms. The van der Waals surface area contributed by atoms with Gasteiger partial charge in [0, 0.05) is 29.1 Å². The van der Waals surface area contributed by atoms with E-state index in [9.17, 15) is 21.6 Å². The second kappa shape index (κ2) is 7.84. The Morgan fingerprint density at radius 2 is 1.76 bits per heavy atom. The predicted octanol–water partition coefficient (Wildman–Crippen LogP) is 4.31. The number of rotatable bonds is 5. The maximum absolute atomic E-state index is 12.8. The summed E-state index contributed by atoms with van der Waals surface area (Å²) in [6, 6.07) is 12.3. The Morgan fingerprint density at radius 1 is 1.03 bits per heavy atom.